The van der Waals surface area contributed by atoms with Crippen molar-refractivity contribution in [2.24, 2.45) is 5.73 Å². The van der Waals surface area contributed by atoms with E-state index >= 15 is 0 Å². The summed E-state index contributed by atoms with van der Waals surface area (Å²) in [6, 6.07) is 6.67. The standard InChI is InChI=1S/C10H9F3N2O3/c11-10(12,13)9(17)18-15-8(16)7(14)6-4-2-1-3-5-6/h1-5,7H,14H2,(H,15,16)/t7-/m1/s1. The fourth-order valence-corrected chi connectivity index (χ4v) is 1.03. The molecule has 1 amide bonds. The molecule has 0 saturated heterocycles. The van der Waals surface area contributed by atoms with Crippen LogP contribution in [0.2, 0.25) is 0 Å². The molecule has 0 heterocycles. The lowest BCUT2D eigenvalue weighted by Crippen LogP contribution is -2.39. The molecule has 8 heteroatoms. The van der Waals surface area contributed by atoms with Gasteiger partial charge in [-0.2, -0.15) is 18.7 Å². The first-order valence-corrected chi connectivity index (χ1v) is 4.70. The van der Waals surface area contributed by atoms with Gasteiger partial charge in [-0.25, -0.2) is 4.79 Å². The molecule has 0 bridgehead atoms. The Kier molecular flexibility index (Phi) is 4.27. The lowest BCUT2D eigenvalue weighted by molar-refractivity contribution is -0.207. The highest BCUT2D eigenvalue weighted by atomic mass is 19.4. The third kappa shape index (κ3) is 3.74. The van der Waals surface area contributed by atoms with Crippen LogP contribution in [-0.4, -0.2) is 18.1 Å². The maximum Gasteiger partial charge on any atom is 0.493 e. The summed E-state index contributed by atoms with van der Waals surface area (Å²) < 4.78 is 35.3. The van der Waals surface area contributed by atoms with E-state index in [1.165, 1.54) is 17.6 Å². The summed E-state index contributed by atoms with van der Waals surface area (Å²) in [5.74, 6) is -3.57. The monoisotopic (exact) mass is 262 g/mol. The Morgan fingerprint density at radius 1 is 1.22 bits per heavy atom. The van der Waals surface area contributed by atoms with E-state index < -0.39 is 24.1 Å². The van der Waals surface area contributed by atoms with Gasteiger partial charge >= 0.3 is 12.1 Å². The molecule has 0 radical (unpaired) electrons. The molecule has 0 aliphatic carbocycles. The van der Waals surface area contributed by atoms with Gasteiger partial charge in [-0.3, -0.25) is 4.79 Å². The molecule has 0 unspecified atom stereocenters. The number of hydroxylamine groups is 1. The van der Waals surface area contributed by atoms with Crippen LogP contribution in [0.25, 0.3) is 0 Å². The number of rotatable bonds is 2. The predicted molar refractivity (Wildman–Crippen MR) is 53.7 cm³/mol. The van der Waals surface area contributed by atoms with E-state index in [0.717, 1.165) is 0 Å². The van der Waals surface area contributed by atoms with Crippen molar-refractivity contribution in [3.05, 3.63) is 35.9 Å². The average Bonchev–Trinajstić information content (AvgIpc) is 2.34. The zero-order valence-electron chi connectivity index (χ0n) is 8.90. The summed E-state index contributed by atoms with van der Waals surface area (Å²) in [7, 11) is 0. The van der Waals surface area contributed by atoms with E-state index in [9.17, 15) is 22.8 Å². The molecule has 0 spiro atoms. The number of carbonyl (C=O) groups excluding carboxylic acids is 2. The Bertz CT molecular complexity index is 434. The normalized spacial score (nSPS) is 12.7. The minimum atomic E-state index is -5.18. The zero-order chi connectivity index (χ0) is 13.8. The molecule has 0 aromatic heterocycles. The SMILES string of the molecule is N[C@@H](C(=O)NOC(=O)C(F)(F)F)c1ccccc1. The van der Waals surface area contributed by atoms with Crippen LogP contribution < -0.4 is 11.2 Å². The molecule has 18 heavy (non-hydrogen) atoms. The molecule has 1 rings (SSSR count). The maximum absolute atomic E-state index is 11.8. The van der Waals surface area contributed by atoms with Crippen molar-refractivity contribution in [1.82, 2.24) is 5.48 Å². The quantitative estimate of drug-likeness (QED) is 0.773. The minimum absolute atomic E-state index is 0.373. The summed E-state index contributed by atoms with van der Waals surface area (Å²) in [5.41, 5.74) is 7.18. The summed E-state index contributed by atoms with van der Waals surface area (Å²) in [5, 5.41) is 0. The van der Waals surface area contributed by atoms with Crippen molar-refractivity contribution in [2.75, 3.05) is 0 Å². The Labute approximate surface area is 99.7 Å². The number of alkyl halides is 3. The van der Waals surface area contributed by atoms with Gasteiger partial charge in [0.15, 0.2) is 0 Å². The van der Waals surface area contributed by atoms with E-state index in [2.05, 4.69) is 4.84 Å². The van der Waals surface area contributed by atoms with Gasteiger partial charge in [0.1, 0.15) is 6.04 Å². The fraction of sp³-hybridized carbons (Fsp3) is 0.200. The smallest absolute Gasteiger partial charge is 0.332 e. The maximum atomic E-state index is 11.8. The molecule has 0 aliphatic rings. The predicted octanol–water partition coefficient (Wildman–Crippen LogP) is 0.823. The van der Waals surface area contributed by atoms with Crippen molar-refractivity contribution >= 4 is 11.9 Å². The first-order valence-electron chi connectivity index (χ1n) is 4.70. The highest BCUT2D eigenvalue weighted by molar-refractivity contribution is 5.84. The van der Waals surface area contributed by atoms with Crippen LogP contribution in [0.1, 0.15) is 11.6 Å². The number of nitrogens with two attached hydrogens (primary N) is 1. The van der Waals surface area contributed by atoms with Gasteiger partial charge in [0.05, 0.1) is 0 Å². The van der Waals surface area contributed by atoms with Crippen LogP contribution >= 0.6 is 0 Å². The molecule has 98 valence electrons. The van der Waals surface area contributed by atoms with Crippen molar-refractivity contribution in [1.29, 1.82) is 0 Å². The van der Waals surface area contributed by atoms with Gasteiger partial charge in [-0.15, -0.1) is 0 Å². The highest BCUT2D eigenvalue weighted by Gasteiger charge is 2.42. The fourth-order valence-electron chi connectivity index (χ4n) is 1.03. The van der Waals surface area contributed by atoms with Gasteiger partial charge in [-0.05, 0) is 5.56 Å². The van der Waals surface area contributed by atoms with Crippen molar-refractivity contribution < 1.29 is 27.6 Å². The Balaban J connectivity index is 2.54. The number of hydrogen-bond acceptors (Lipinski definition) is 4. The number of nitrogens with one attached hydrogen (secondary N) is 1. The molecule has 0 fully saturated rings. The molecule has 1 aromatic carbocycles. The van der Waals surface area contributed by atoms with Gasteiger partial charge < -0.3 is 10.6 Å². The number of amides is 1. The van der Waals surface area contributed by atoms with E-state index in [1.54, 1.807) is 18.2 Å². The van der Waals surface area contributed by atoms with E-state index in [4.69, 9.17) is 5.73 Å². The zero-order valence-corrected chi connectivity index (χ0v) is 8.90. The number of hydrogen-bond donors (Lipinski definition) is 2. The lowest BCUT2D eigenvalue weighted by Gasteiger charge is -2.12. The number of halogens is 3. The second kappa shape index (κ2) is 5.50. The topological polar surface area (TPSA) is 81.4 Å². The molecule has 1 atom stereocenters. The van der Waals surface area contributed by atoms with E-state index in [-0.39, 0.29) is 0 Å². The molecule has 5 nitrogen and oxygen atoms in total. The first-order chi connectivity index (χ1) is 8.32. The van der Waals surface area contributed by atoms with Crippen molar-refractivity contribution in [3.63, 3.8) is 0 Å². The Morgan fingerprint density at radius 2 is 1.78 bits per heavy atom. The second-order valence-corrected chi connectivity index (χ2v) is 3.24. The Morgan fingerprint density at radius 3 is 2.28 bits per heavy atom. The summed E-state index contributed by atoms with van der Waals surface area (Å²) >= 11 is 0. The third-order valence-electron chi connectivity index (χ3n) is 1.92. The first kappa shape index (κ1) is 14.0. The van der Waals surface area contributed by atoms with Gasteiger partial charge in [-0.1, -0.05) is 30.3 Å². The van der Waals surface area contributed by atoms with E-state index in [0.29, 0.717) is 5.56 Å². The van der Waals surface area contributed by atoms with Gasteiger partial charge in [0.2, 0.25) is 0 Å². The average molecular weight is 262 g/mol. The van der Waals surface area contributed by atoms with Crippen LogP contribution in [0.4, 0.5) is 13.2 Å². The van der Waals surface area contributed by atoms with Crippen LogP contribution in [0.15, 0.2) is 30.3 Å². The van der Waals surface area contributed by atoms with Gasteiger partial charge in [0.25, 0.3) is 5.91 Å². The van der Waals surface area contributed by atoms with Crippen molar-refractivity contribution in [2.45, 2.75) is 12.2 Å². The molecule has 0 aliphatic heterocycles. The third-order valence-corrected chi connectivity index (χ3v) is 1.92. The molecule has 0 saturated carbocycles. The van der Waals surface area contributed by atoms with Crippen LogP contribution in [0.3, 0.4) is 0 Å². The summed E-state index contributed by atoms with van der Waals surface area (Å²) in [6.45, 7) is 0. The highest BCUT2D eigenvalue weighted by Crippen LogP contribution is 2.16. The number of benzene rings is 1. The molecular formula is C10H9F3N2O3. The molecular weight excluding hydrogens is 253 g/mol. The van der Waals surface area contributed by atoms with Crippen LogP contribution in [-0.2, 0) is 14.4 Å². The summed E-state index contributed by atoms with van der Waals surface area (Å²) in [6.07, 6.45) is -5.18. The van der Waals surface area contributed by atoms with Gasteiger partial charge in [0, 0.05) is 0 Å². The second-order valence-electron chi connectivity index (χ2n) is 3.24. The van der Waals surface area contributed by atoms with E-state index in [1.807, 2.05) is 0 Å². The molecule has 1 aromatic rings. The van der Waals surface area contributed by atoms with Crippen LogP contribution in [0.5, 0.6) is 0 Å². The Hall–Kier alpha value is -2.09. The van der Waals surface area contributed by atoms with Crippen LogP contribution in [0, 0.1) is 0 Å². The minimum Gasteiger partial charge on any atom is -0.332 e. The largest absolute Gasteiger partial charge is 0.493 e. The summed E-state index contributed by atoms with van der Waals surface area (Å²) in [4.78, 5) is 25.2. The number of carbonyl (C=O) groups is 2. The van der Waals surface area contributed by atoms with Crippen molar-refractivity contribution in [3.8, 4) is 0 Å². The lowest BCUT2D eigenvalue weighted by atomic mass is 10.1. The molecule has 3 N–H and O–H groups in total.